The van der Waals surface area contributed by atoms with Gasteiger partial charge in [-0.05, 0) is 58.7 Å². The average molecular weight is 394 g/mol. The van der Waals surface area contributed by atoms with E-state index >= 15 is 0 Å². The summed E-state index contributed by atoms with van der Waals surface area (Å²) in [6.45, 7) is 7.92. The Balaban J connectivity index is 2.57. The average Bonchev–Trinajstić information content (AvgIpc) is 2.56. The van der Waals surface area contributed by atoms with Gasteiger partial charge in [0.2, 0.25) is 0 Å². The van der Waals surface area contributed by atoms with Crippen LogP contribution in [0.15, 0.2) is 24.3 Å². The maximum atomic E-state index is 13.4. The van der Waals surface area contributed by atoms with Crippen LogP contribution in [-0.4, -0.2) is 40.6 Å². The summed E-state index contributed by atoms with van der Waals surface area (Å²) in [6, 6.07) is 5.25. The molecule has 28 heavy (non-hydrogen) atoms. The molecule has 0 aromatic heterocycles. The van der Waals surface area contributed by atoms with Crippen molar-refractivity contribution < 1.29 is 33.4 Å². The van der Waals surface area contributed by atoms with Crippen molar-refractivity contribution in [3.05, 3.63) is 35.6 Å². The summed E-state index contributed by atoms with van der Waals surface area (Å²) in [5.41, 5.74) is -1.46. The summed E-state index contributed by atoms with van der Waals surface area (Å²) in [6.07, 6.45) is -1.10. The second-order valence-corrected chi connectivity index (χ2v) is 7.98. The Morgan fingerprint density at radius 1 is 1.07 bits per heavy atom. The smallest absolute Gasteiger partial charge is 0.317 e. The molecule has 1 aromatic carbocycles. The number of rotatable bonds is 5. The van der Waals surface area contributed by atoms with Gasteiger partial charge in [0.1, 0.15) is 17.3 Å². The zero-order chi connectivity index (χ0) is 21.2. The van der Waals surface area contributed by atoms with Gasteiger partial charge in [-0.2, -0.15) is 0 Å². The minimum Gasteiger partial charge on any atom is -0.463 e. The molecule has 1 saturated carbocycles. The van der Waals surface area contributed by atoms with Crippen molar-refractivity contribution in [3.63, 3.8) is 0 Å². The molecule has 4 atom stereocenters. The quantitative estimate of drug-likeness (QED) is 0.610. The standard InChI is InChI=1S/C21H27FO6/c1-11(2)27-19(24)15-10-21(5,26)18(23)17(20(25)28-12(3)4)16(15)13-6-8-14(22)9-7-13/h6-9,11-12,15-17,26H,10H2,1-5H3/t15-,16-,17+,21-/m1/s1. The van der Waals surface area contributed by atoms with E-state index in [1.807, 2.05) is 0 Å². The van der Waals surface area contributed by atoms with E-state index < -0.39 is 59.1 Å². The predicted octanol–water partition coefficient (Wildman–Crippen LogP) is 2.77. The second kappa shape index (κ2) is 8.39. The first-order valence-corrected chi connectivity index (χ1v) is 9.37. The number of esters is 2. The predicted molar refractivity (Wildman–Crippen MR) is 98.8 cm³/mol. The molecule has 0 radical (unpaired) electrons. The number of Topliss-reactive ketones (excluding diaryl/α,β-unsaturated/α-hetero) is 1. The van der Waals surface area contributed by atoms with Gasteiger partial charge in [0.25, 0.3) is 0 Å². The summed E-state index contributed by atoms with van der Waals surface area (Å²) in [7, 11) is 0. The van der Waals surface area contributed by atoms with E-state index in [4.69, 9.17) is 9.47 Å². The highest BCUT2D eigenvalue weighted by Gasteiger charge is 2.56. The Labute approximate surface area is 164 Å². The van der Waals surface area contributed by atoms with Crippen molar-refractivity contribution >= 4 is 17.7 Å². The lowest BCUT2D eigenvalue weighted by Gasteiger charge is -2.42. The van der Waals surface area contributed by atoms with Gasteiger partial charge in [-0.15, -0.1) is 0 Å². The molecule has 0 bridgehead atoms. The summed E-state index contributed by atoms with van der Waals surface area (Å²) in [4.78, 5) is 38.5. The number of hydrogen-bond donors (Lipinski definition) is 1. The van der Waals surface area contributed by atoms with E-state index in [0.717, 1.165) is 0 Å². The molecule has 6 nitrogen and oxygen atoms in total. The Bertz CT molecular complexity index is 738. The SMILES string of the molecule is CC(C)OC(=O)[C@@H]1C(=O)[C@](C)(O)C[C@@H](C(=O)OC(C)C)[C@H]1c1ccc(F)cc1. The van der Waals surface area contributed by atoms with Crippen molar-refractivity contribution in [2.24, 2.45) is 11.8 Å². The molecule has 1 aliphatic carbocycles. The van der Waals surface area contributed by atoms with Crippen molar-refractivity contribution in [1.29, 1.82) is 0 Å². The number of benzene rings is 1. The van der Waals surface area contributed by atoms with Gasteiger partial charge in [0.15, 0.2) is 5.78 Å². The molecule has 0 heterocycles. The maximum absolute atomic E-state index is 13.4. The molecule has 154 valence electrons. The van der Waals surface area contributed by atoms with Crippen LogP contribution in [0.4, 0.5) is 4.39 Å². The fourth-order valence-electron chi connectivity index (χ4n) is 3.60. The Morgan fingerprint density at radius 2 is 1.57 bits per heavy atom. The third-order valence-corrected chi connectivity index (χ3v) is 4.74. The lowest BCUT2D eigenvalue weighted by Crippen LogP contribution is -2.55. The van der Waals surface area contributed by atoms with Crippen molar-refractivity contribution in [2.45, 2.75) is 64.8 Å². The number of carbonyl (C=O) groups is 3. The lowest BCUT2D eigenvalue weighted by molar-refractivity contribution is -0.173. The molecule has 0 amide bonds. The molecule has 1 aliphatic rings. The fourth-order valence-corrected chi connectivity index (χ4v) is 3.60. The summed E-state index contributed by atoms with van der Waals surface area (Å²) >= 11 is 0. The largest absolute Gasteiger partial charge is 0.463 e. The number of ketones is 1. The maximum Gasteiger partial charge on any atom is 0.317 e. The molecule has 1 N–H and O–H groups in total. The van der Waals surface area contributed by atoms with Gasteiger partial charge >= 0.3 is 11.9 Å². The first-order chi connectivity index (χ1) is 12.9. The molecule has 0 spiro atoms. The topological polar surface area (TPSA) is 89.9 Å². The Hall–Kier alpha value is -2.28. The lowest BCUT2D eigenvalue weighted by atomic mass is 9.63. The van der Waals surface area contributed by atoms with E-state index in [1.54, 1.807) is 27.7 Å². The van der Waals surface area contributed by atoms with Gasteiger partial charge in [0.05, 0.1) is 18.1 Å². The molecule has 1 fully saturated rings. The first kappa shape index (κ1) is 22.0. The molecular formula is C21H27FO6. The van der Waals surface area contributed by atoms with E-state index in [1.165, 1.54) is 31.2 Å². The summed E-state index contributed by atoms with van der Waals surface area (Å²) < 4.78 is 24.0. The summed E-state index contributed by atoms with van der Waals surface area (Å²) in [5.74, 6) is -5.95. The van der Waals surface area contributed by atoms with Crippen molar-refractivity contribution in [2.75, 3.05) is 0 Å². The highest BCUT2D eigenvalue weighted by atomic mass is 19.1. The number of hydrogen-bond acceptors (Lipinski definition) is 6. The normalized spacial score (nSPS) is 27.8. The molecule has 2 rings (SSSR count). The van der Waals surface area contributed by atoms with Crippen LogP contribution in [0.1, 0.15) is 52.5 Å². The number of aliphatic hydroxyl groups is 1. The van der Waals surface area contributed by atoms with Gasteiger partial charge in [-0.1, -0.05) is 12.1 Å². The van der Waals surface area contributed by atoms with Gasteiger partial charge in [-0.3, -0.25) is 14.4 Å². The van der Waals surface area contributed by atoms with E-state index in [2.05, 4.69) is 0 Å². The van der Waals surface area contributed by atoms with Crippen LogP contribution in [0.25, 0.3) is 0 Å². The highest BCUT2D eigenvalue weighted by Crippen LogP contribution is 2.45. The number of ether oxygens (including phenoxy) is 2. The first-order valence-electron chi connectivity index (χ1n) is 9.37. The van der Waals surface area contributed by atoms with Gasteiger partial charge in [-0.25, -0.2) is 4.39 Å². The van der Waals surface area contributed by atoms with Crippen LogP contribution in [0, 0.1) is 17.7 Å². The van der Waals surface area contributed by atoms with Crippen LogP contribution in [0.3, 0.4) is 0 Å². The fraction of sp³-hybridized carbons (Fsp3) is 0.571. The highest BCUT2D eigenvalue weighted by molar-refractivity contribution is 6.06. The molecule has 0 saturated heterocycles. The van der Waals surface area contributed by atoms with Crippen LogP contribution in [0.2, 0.25) is 0 Å². The van der Waals surface area contributed by atoms with Gasteiger partial charge in [0, 0.05) is 5.92 Å². The van der Waals surface area contributed by atoms with E-state index in [-0.39, 0.29) is 6.42 Å². The molecular weight excluding hydrogens is 367 g/mol. The second-order valence-electron chi connectivity index (χ2n) is 7.98. The minimum atomic E-state index is -1.89. The zero-order valence-electron chi connectivity index (χ0n) is 16.8. The van der Waals surface area contributed by atoms with Crippen molar-refractivity contribution in [1.82, 2.24) is 0 Å². The monoisotopic (exact) mass is 394 g/mol. The number of carbonyl (C=O) groups excluding carboxylic acids is 3. The van der Waals surface area contributed by atoms with Gasteiger partial charge < -0.3 is 14.6 Å². The Morgan fingerprint density at radius 3 is 2.07 bits per heavy atom. The van der Waals surface area contributed by atoms with Crippen molar-refractivity contribution in [3.8, 4) is 0 Å². The number of halogens is 1. The van der Waals surface area contributed by atoms with Crippen LogP contribution >= 0.6 is 0 Å². The van der Waals surface area contributed by atoms with Crippen LogP contribution < -0.4 is 0 Å². The molecule has 0 aliphatic heterocycles. The Kier molecular flexibility index (Phi) is 6.59. The zero-order valence-corrected chi connectivity index (χ0v) is 16.8. The third-order valence-electron chi connectivity index (χ3n) is 4.74. The molecule has 0 unspecified atom stereocenters. The summed E-state index contributed by atoms with van der Waals surface area (Å²) in [5, 5.41) is 10.6. The minimum absolute atomic E-state index is 0.203. The van der Waals surface area contributed by atoms with E-state index in [9.17, 15) is 23.9 Å². The van der Waals surface area contributed by atoms with Crippen LogP contribution in [0.5, 0.6) is 0 Å². The third kappa shape index (κ3) is 4.76. The molecule has 7 heteroatoms. The van der Waals surface area contributed by atoms with E-state index in [0.29, 0.717) is 5.56 Å². The molecule has 1 aromatic rings. The van der Waals surface area contributed by atoms with Crippen LogP contribution in [-0.2, 0) is 23.9 Å².